The highest BCUT2D eigenvalue weighted by Gasteiger charge is 2.08. The molecule has 0 fully saturated rings. The lowest BCUT2D eigenvalue weighted by molar-refractivity contribution is 0.587. The minimum absolute atomic E-state index is 0.156. The molecule has 0 saturated carbocycles. The summed E-state index contributed by atoms with van der Waals surface area (Å²) in [6.45, 7) is 0.156. The number of aromatic nitrogens is 1. The van der Waals surface area contributed by atoms with Gasteiger partial charge in [-0.2, -0.15) is 0 Å². The molecule has 0 spiro atoms. The molecule has 0 aliphatic heterocycles. The monoisotopic (exact) mass is 291 g/mol. The van der Waals surface area contributed by atoms with Gasteiger partial charge in [-0.15, -0.1) is 11.3 Å². The van der Waals surface area contributed by atoms with Crippen LogP contribution in [0.1, 0.15) is 5.56 Å². The minimum atomic E-state index is -0.467. The second-order valence-corrected chi connectivity index (χ2v) is 5.20. The van der Waals surface area contributed by atoms with Crippen molar-refractivity contribution >= 4 is 32.9 Å². The number of hydrogen-bond donors (Lipinski definition) is 2. The molecule has 3 aromatic rings. The molecular weight excluding hydrogens is 280 g/mol. The fourth-order valence-corrected chi connectivity index (χ4v) is 2.67. The van der Waals surface area contributed by atoms with Crippen LogP contribution in [0.25, 0.3) is 10.2 Å². The molecule has 0 aliphatic rings. The largest absolute Gasteiger partial charge is 0.395 e. The summed E-state index contributed by atoms with van der Waals surface area (Å²) in [6.07, 6.45) is 0. The molecule has 0 radical (unpaired) electrons. The Morgan fingerprint density at radius 2 is 2.05 bits per heavy atom. The van der Waals surface area contributed by atoms with Crippen molar-refractivity contribution < 1.29 is 8.78 Å². The van der Waals surface area contributed by atoms with Crippen LogP contribution in [0.4, 0.5) is 20.2 Å². The van der Waals surface area contributed by atoms with Gasteiger partial charge in [0.05, 0.1) is 21.6 Å². The minimum Gasteiger partial charge on any atom is -0.395 e. The van der Waals surface area contributed by atoms with E-state index in [0.29, 0.717) is 11.4 Å². The van der Waals surface area contributed by atoms with E-state index in [4.69, 9.17) is 5.73 Å². The van der Waals surface area contributed by atoms with Crippen molar-refractivity contribution in [3.63, 3.8) is 0 Å². The summed E-state index contributed by atoms with van der Waals surface area (Å²) in [5.41, 5.74) is 9.88. The Morgan fingerprint density at radius 3 is 2.90 bits per heavy atom. The average molecular weight is 291 g/mol. The van der Waals surface area contributed by atoms with Gasteiger partial charge in [0.2, 0.25) is 0 Å². The molecule has 3 rings (SSSR count). The Morgan fingerprint density at radius 1 is 1.20 bits per heavy atom. The maximum Gasteiger partial charge on any atom is 0.128 e. The van der Waals surface area contributed by atoms with Gasteiger partial charge in [0.15, 0.2) is 0 Å². The molecule has 0 unspecified atom stereocenters. The van der Waals surface area contributed by atoms with Crippen LogP contribution in [0, 0.1) is 11.6 Å². The molecule has 1 heterocycles. The Labute approximate surface area is 118 Å². The summed E-state index contributed by atoms with van der Waals surface area (Å²) in [5, 5.41) is 3.01. The Kier molecular flexibility index (Phi) is 3.23. The van der Waals surface area contributed by atoms with Crippen molar-refractivity contribution in [3.05, 3.63) is 53.0 Å². The van der Waals surface area contributed by atoms with Gasteiger partial charge in [0, 0.05) is 12.1 Å². The van der Waals surface area contributed by atoms with Crippen LogP contribution >= 0.6 is 11.3 Å². The molecular formula is C14H11F2N3S. The third-order valence-corrected chi connectivity index (χ3v) is 3.81. The quantitative estimate of drug-likeness (QED) is 0.722. The second kappa shape index (κ2) is 5.05. The van der Waals surface area contributed by atoms with Crippen LogP contribution < -0.4 is 11.1 Å². The zero-order valence-electron chi connectivity index (χ0n) is 10.4. The lowest BCUT2D eigenvalue weighted by atomic mass is 10.2. The Hall–Kier alpha value is -2.21. The van der Waals surface area contributed by atoms with Crippen molar-refractivity contribution in [1.82, 2.24) is 4.98 Å². The van der Waals surface area contributed by atoms with E-state index >= 15 is 0 Å². The molecule has 0 saturated heterocycles. The van der Waals surface area contributed by atoms with E-state index in [1.165, 1.54) is 17.4 Å². The highest BCUT2D eigenvalue weighted by Crippen LogP contribution is 2.30. The van der Waals surface area contributed by atoms with Gasteiger partial charge in [0.1, 0.15) is 17.2 Å². The standard InChI is InChI=1S/C14H11F2N3S/c15-9-1-2-10(16)8(5-9)6-18-11-3-4-12-14(13(11)17)19-7-20-12/h1-5,7,18H,6,17H2. The van der Waals surface area contributed by atoms with Crippen molar-refractivity contribution in [2.45, 2.75) is 6.54 Å². The van der Waals surface area contributed by atoms with Crippen LogP contribution in [0.2, 0.25) is 0 Å². The summed E-state index contributed by atoms with van der Waals surface area (Å²) >= 11 is 1.50. The summed E-state index contributed by atoms with van der Waals surface area (Å²) in [5.74, 6) is -0.918. The van der Waals surface area contributed by atoms with E-state index in [0.717, 1.165) is 22.3 Å². The third-order valence-electron chi connectivity index (χ3n) is 3.02. The predicted molar refractivity (Wildman–Crippen MR) is 77.7 cm³/mol. The van der Waals surface area contributed by atoms with Crippen LogP contribution in [0.5, 0.6) is 0 Å². The first-order valence-electron chi connectivity index (χ1n) is 5.94. The van der Waals surface area contributed by atoms with Gasteiger partial charge in [-0.3, -0.25) is 0 Å². The molecule has 0 atom stereocenters. The number of fused-ring (bicyclic) bond motifs is 1. The maximum atomic E-state index is 13.5. The summed E-state index contributed by atoms with van der Waals surface area (Å²) in [7, 11) is 0. The number of nitrogens with two attached hydrogens (primary N) is 1. The number of rotatable bonds is 3. The number of halogens is 2. The molecule has 102 valence electrons. The van der Waals surface area contributed by atoms with Gasteiger partial charge in [-0.25, -0.2) is 13.8 Å². The summed E-state index contributed by atoms with van der Waals surface area (Å²) in [4.78, 5) is 4.19. The van der Waals surface area contributed by atoms with Crippen LogP contribution in [0.3, 0.4) is 0 Å². The first-order valence-corrected chi connectivity index (χ1v) is 6.82. The van der Waals surface area contributed by atoms with Gasteiger partial charge in [-0.05, 0) is 30.3 Å². The lowest BCUT2D eigenvalue weighted by Crippen LogP contribution is -2.05. The van der Waals surface area contributed by atoms with Gasteiger partial charge in [-0.1, -0.05) is 0 Å². The third kappa shape index (κ3) is 2.30. The van der Waals surface area contributed by atoms with Crippen molar-refractivity contribution in [1.29, 1.82) is 0 Å². The van der Waals surface area contributed by atoms with Gasteiger partial charge < -0.3 is 11.1 Å². The topological polar surface area (TPSA) is 50.9 Å². The van der Waals surface area contributed by atoms with E-state index in [1.54, 1.807) is 5.51 Å². The van der Waals surface area contributed by atoms with E-state index < -0.39 is 11.6 Å². The zero-order chi connectivity index (χ0) is 14.1. The Balaban J connectivity index is 1.86. The van der Waals surface area contributed by atoms with Gasteiger partial charge >= 0.3 is 0 Å². The van der Waals surface area contributed by atoms with Crippen LogP contribution in [0.15, 0.2) is 35.8 Å². The highest BCUT2D eigenvalue weighted by molar-refractivity contribution is 7.16. The van der Waals surface area contributed by atoms with Crippen molar-refractivity contribution in [3.8, 4) is 0 Å². The summed E-state index contributed by atoms with van der Waals surface area (Å²) < 4.78 is 27.6. The zero-order valence-corrected chi connectivity index (χ0v) is 11.2. The molecule has 1 aromatic heterocycles. The number of anilines is 2. The predicted octanol–water partition coefficient (Wildman–Crippen LogP) is 3.77. The van der Waals surface area contributed by atoms with Crippen molar-refractivity contribution in [2.75, 3.05) is 11.1 Å². The number of nitrogens with zero attached hydrogens (tertiary/aromatic N) is 1. The van der Waals surface area contributed by atoms with Crippen molar-refractivity contribution in [2.24, 2.45) is 0 Å². The lowest BCUT2D eigenvalue weighted by Gasteiger charge is -2.10. The SMILES string of the molecule is Nc1c(NCc2cc(F)ccc2F)ccc2scnc12. The fraction of sp³-hybridized carbons (Fsp3) is 0.0714. The Bertz CT molecular complexity index is 770. The number of hydrogen-bond acceptors (Lipinski definition) is 4. The number of benzene rings is 2. The highest BCUT2D eigenvalue weighted by atomic mass is 32.1. The number of thiazole rings is 1. The molecule has 3 N–H and O–H groups in total. The second-order valence-electron chi connectivity index (χ2n) is 4.32. The number of nitrogens with one attached hydrogen (secondary N) is 1. The molecule has 20 heavy (non-hydrogen) atoms. The smallest absolute Gasteiger partial charge is 0.128 e. The normalized spacial score (nSPS) is 10.9. The number of nitrogen functional groups attached to an aromatic ring is 1. The van der Waals surface area contributed by atoms with E-state index in [9.17, 15) is 8.78 Å². The first kappa shape index (κ1) is 12.8. The fourth-order valence-electron chi connectivity index (χ4n) is 1.98. The summed E-state index contributed by atoms with van der Waals surface area (Å²) in [6, 6.07) is 7.08. The molecule has 2 aromatic carbocycles. The molecule has 0 amide bonds. The van der Waals surface area contributed by atoms with Crippen LogP contribution in [-0.4, -0.2) is 4.98 Å². The van der Waals surface area contributed by atoms with E-state index in [-0.39, 0.29) is 12.1 Å². The molecule has 0 bridgehead atoms. The van der Waals surface area contributed by atoms with E-state index in [2.05, 4.69) is 10.3 Å². The molecule has 3 nitrogen and oxygen atoms in total. The van der Waals surface area contributed by atoms with Crippen LogP contribution in [-0.2, 0) is 6.54 Å². The molecule has 6 heteroatoms. The molecule has 0 aliphatic carbocycles. The average Bonchev–Trinajstić information content (AvgIpc) is 2.91. The first-order chi connectivity index (χ1) is 9.65. The maximum absolute atomic E-state index is 13.5. The van der Waals surface area contributed by atoms with Gasteiger partial charge in [0.25, 0.3) is 0 Å². The van der Waals surface area contributed by atoms with E-state index in [1.807, 2.05) is 12.1 Å².